The Balaban J connectivity index is 1.69. The van der Waals surface area contributed by atoms with Gasteiger partial charge in [-0.3, -0.25) is 4.90 Å². The topological polar surface area (TPSA) is 46.3 Å². The number of likely N-dealkylation sites (tertiary alicyclic amines) is 1. The van der Waals surface area contributed by atoms with E-state index in [1.165, 1.54) is 19.3 Å². The maximum Gasteiger partial charge on any atom is 0.182 e. The number of hydrogen-bond donors (Lipinski definition) is 0. The molecule has 0 aliphatic carbocycles. The fourth-order valence-electron chi connectivity index (χ4n) is 3.77. The maximum absolute atomic E-state index is 6.24. The van der Waals surface area contributed by atoms with E-state index in [0.29, 0.717) is 10.8 Å². The molecule has 0 radical (unpaired) electrons. The molecule has 1 fully saturated rings. The van der Waals surface area contributed by atoms with Crippen LogP contribution in [0.5, 0.6) is 0 Å². The summed E-state index contributed by atoms with van der Waals surface area (Å²) in [7, 11) is 0. The first-order valence-corrected chi connectivity index (χ1v) is 9.78. The van der Waals surface area contributed by atoms with Gasteiger partial charge in [0.15, 0.2) is 11.5 Å². The summed E-state index contributed by atoms with van der Waals surface area (Å²) < 4.78 is 1.90. The minimum absolute atomic E-state index is 0.680. The van der Waals surface area contributed by atoms with Crippen molar-refractivity contribution in [2.75, 3.05) is 13.1 Å². The fourth-order valence-corrected chi connectivity index (χ4v) is 3.94. The molecule has 0 bridgehead atoms. The van der Waals surface area contributed by atoms with E-state index >= 15 is 0 Å². The van der Waals surface area contributed by atoms with Crippen molar-refractivity contribution in [3.63, 3.8) is 0 Å². The van der Waals surface area contributed by atoms with Gasteiger partial charge in [-0.1, -0.05) is 48.4 Å². The first-order valence-electron chi connectivity index (χ1n) is 9.41. The summed E-state index contributed by atoms with van der Waals surface area (Å²) in [5, 5.41) is 6.41. The third-order valence-corrected chi connectivity index (χ3v) is 5.38. The average molecular weight is 378 g/mol. The van der Waals surface area contributed by atoms with E-state index in [1.807, 2.05) is 53.0 Å². The van der Waals surface area contributed by atoms with Crippen molar-refractivity contribution in [2.24, 2.45) is 0 Å². The van der Waals surface area contributed by atoms with Crippen LogP contribution in [0.2, 0.25) is 5.02 Å². The number of rotatable bonds is 3. The minimum Gasteiger partial charge on any atom is -0.296 e. The molecule has 4 aromatic rings. The van der Waals surface area contributed by atoms with Crippen LogP contribution in [0.1, 0.15) is 25.1 Å². The zero-order chi connectivity index (χ0) is 18.2. The van der Waals surface area contributed by atoms with Gasteiger partial charge in [-0.05, 0) is 44.1 Å². The van der Waals surface area contributed by atoms with Crippen molar-refractivity contribution < 1.29 is 0 Å². The van der Waals surface area contributed by atoms with E-state index in [1.54, 1.807) is 0 Å². The molecule has 27 heavy (non-hydrogen) atoms. The highest BCUT2D eigenvalue weighted by Crippen LogP contribution is 2.25. The summed E-state index contributed by atoms with van der Waals surface area (Å²) in [4.78, 5) is 12.2. The van der Waals surface area contributed by atoms with Gasteiger partial charge in [-0.15, -0.1) is 5.10 Å². The van der Waals surface area contributed by atoms with Crippen molar-refractivity contribution in [1.29, 1.82) is 0 Å². The van der Waals surface area contributed by atoms with Crippen molar-refractivity contribution in [3.8, 4) is 11.4 Å². The number of aromatic nitrogens is 4. The molecule has 0 saturated carbocycles. The summed E-state index contributed by atoms with van der Waals surface area (Å²) in [5.41, 5.74) is 2.72. The Kier molecular flexibility index (Phi) is 4.26. The van der Waals surface area contributed by atoms with Crippen LogP contribution in [0.4, 0.5) is 0 Å². The number of halogens is 1. The van der Waals surface area contributed by atoms with Crippen LogP contribution in [-0.4, -0.2) is 37.6 Å². The van der Waals surface area contributed by atoms with Gasteiger partial charge in [-0.2, -0.15) is 4.52 Å². The number of fused-ring (bicyclic) bond motifs is 3. The van der Waals surface area contributed by atoms with Gasteiger partial charge < -0.3 is 0 Å². The zero-order valence-electron chi connectivity index (χ0n) is 15.0. The van der Waals surface area contributed by atoms with Crippen molar-refractivity contribution >= 4 is 28.2 Å². The molecular formula is C21H20ClN5. The molecule has 1 aliphatic rings. The lowest BCUT2D eigenvalue weighted by Crippen LogP contribution is -2.30. The Morgan fingerprint density at radius 2 is 1.74 bits per heavy atom. The smallest absolute Gasteiger partial charge is 0.182 e. The Bertz CT molecular complexity index is 1100. The largest absolute Gasteiger partial charge is 0.296 e. The highest BCUT2D eigenvalue weighted by atomic mass is 35.5. The second-order valence-electron chi connectivity index (χ2n) is 7.06. The van der Waals surface area contributed by atoms with Crippen LogP contribution < -0.4 is 0 Å². The first-order chi connectivity index (χ1) is 13.3. The molecule has 5 rings (SSSR count). The third kappa shape index (κ3) is 3.17. The molecule has 0 unspecified atom stereocenters. The van der Waals surface area contributed by atoms with E-state index in [9.17, 15) is 0 Å². The van der Waals surface area contributed by atoms with Gasteiger partial charge in [0.05, 0.1) is 12.1 Å². The Labute approximate surface area is 162 Å². The van der Waals surface area contributed by atoms with Crippen LogP contribution in [0.15, 0.2) is 48.5 Å². The average Bonchev–Trinajstić information content (AvgIpc) is 3.16. The second kappa shape index (κ2) is 6.91. The molecule has 0 atom stereocenters. The Morgan fingerprint density at radius 1 is 0.926 bits per heavy atom. The van der Waals surface area contributed by atoms with Gasteiger partial charge >= 0.3 is 0 Å². The third-order valence-electron chi connectivity index (χ3n) is 5.15. The fraction of sp³-hybridized carbons (Fsp3) is 0.286. The van der Waals surface area contributed by atoms with Crippen molar-refractivity contribution in [2.45, 2.75) is 25.8 Å². The van der Waals surface area contributed by atoms with Crippen molar-refractivity contribution in [1.82, 2.24) is 24.5 Å². The minimum atomic E-state index is 0.680. The predicted molar refractivity (Wildman–Crippen MR) is 108 cm³/mol. The summed E-state index contributed by atoms with van der Waals surface area (Å²) in [6.07, 6.45) is 3.81. The normalized spacial score (nSPS) is 15.6. The summed E-state index contributed by atoms with van der Waals surface area (Å²) >= 11 is 6.24. The highest BCUT2D eigenvalue weighted by Gasteiger charge is 2.18. The Morgan fingerprint density at radius 3 is 2.56 bits per heavy atom. The van der Waals surface area contributed by atoms with Crippen LogP contribution in [0.3, 0.4) is 0 Å². The van der Waals surface area contributed by atoms with Gasteiger partial charge in [0.1, 0.15) is 5.82 Å². The van der Waals surface area contributed by atoms with E-state index in [0.717, 1.165) is 47.6 Å². The monoisotopic (exact) mass is 377 g/mol. The molecule has 5 nitrogen and oxygen atoms in total. The van der Waals surface area contributed by atoms with E-state index < -0.39 is 0 Å². The highest BCUT2D eigenvalue weighted by molar-refractivity contribution is 6.31. The number of piperidine rings is 1. The number of benzene rings is 2. The first kappa shape index (κ1) is 16.7. The number of nitrogens with zero attached hydrogens (tertiary/aromatic N) is 5. The van der Waals surface area contributed by atoms with E-state index in [2.05, 4.69) is 4.90 Å². The lowest BCUT2D eigenvalue weighted by Gasteiger charge is -2.26. The second-order valence-corrected chi connectivity index (χ2v) is 7.50. The SMILES string of the molecule is Clc1ccc2nc(CN3CCCCC3)n3nc(-c4ccccc4)nc3c2c1. The molecule has 1 aliphatic heterocycles. The lowest BCUT2D eigenvalue weighted by molar-refractivity contribution is 0.214. The summed E-state index contributed by atoms with van der Waals surface area (Å²) in [5.74, 6) is 1.64. The number of hydrogen-bond acceptors (Lipinski definition) is 4. The van der Waals surface area contributed by atoms with Crippen molar-refractivity contribution in [3.05, 3.63) is 59.4 Å². The van der Waals surface area contributed by atoms with Gasteiger partial charge in [0.2, 0.25) is 0 Å². The molecule has 2 aromatic heterocycles. The molecular weight excluding hydrogens is 358 g/mol. The van der Waals surface area contributed by atoms with Crippen LogP contribution in [-0.2, 0) is 6.54 Å². The van der Waals surface area contributed by atoms with Crippen LogP contribution >= 0.6 is 11.6 Å². The molecule has 0 amide bonds. The van der Waals surface area contributed by atoms with E-state index in [-0.39, 0.29) is 0 Å². The zero-order valence-corrected chi connectivity index (χ0v) is 15.7. The van der Waals surface area contributed by atoms with Crippen LogP contribution in [0, 0.1) is 0 Å². The molecule has 0 spiro atoms. The molecule has 136 valence electrons. The molecule has 0 N–H and O–H groups in total. The summed E-state index contributed by atoms with van der Waals surface area (Å²) in [6, 6.07) is 15.8. The van der Waals surface area contributed by atoms with Gasteiger partial charge in [0.25, 0.3) is 0 Å². The predicted octanol–water partition coefficient (Wildman–Crippen LogP) is 4.58. The standard InChI is InChI=1S/C21H20ClN5/c22-16-9-10-18-17(13-16)21-24-20(15-7-3-1-4-8-15)25-27(21)19(23-18)14-26-11-5-2-6-12-26/h1,3-4,7-10,13H,2,5-6,11-12,14H2. The maximum atomic E-state index is 6.24. The van der Waals surface area contributed by atoms with E-state index in [4.69, 9.17) is 26.7 Å². The molecule has 2 aromatic carbocycles. The molecule has 3 heterocycles. The van der Waals surface area contributed by atoms with Gasteiger partial charge in [0, 0.05) is 16.0 Å². The lowest BCUT2D eigenvalue weighted by atomic mass is 10.1. The Hall–Kier alpha value is -2.50. The summed E-state index contributed by atoms with van der Waals surface area (Å²) in [6.45, 7) is 3.01. The van der Waals surface area contributed by atoms with Crippen LogP contribution in [0.25, 0.3) is 27.9 Å². The molecule has 1 saturated heterocycles. The molecule has 6 heteroatoms. The van der Waals surface area contributed by atoms with Gasteiger partial charge in [-0.25, -0.2) is 9.97 Å². The quantitative estimate of drug-likeness (QED) is 0.524.